The minimum Gasteiger partial charge on any atom is -0.462 e. The standard InChI is InChI=1S/C31H60O3.C2H6/c1-12-28(10,13-2)23-30(16-5,17-6)21-26(20-25(9)32)34-27(33)22-31(18-7,19-8)24-29(11,14-3)15-4;1-2/h26H,12-24H2,1-11H3;1-2H3. The molecule has 216 valence electrons. The molecule has 0 spiro atoms. The molecule has 1 unspecified atom stereocenters. The maximum absolute atomic E-state index is 13.4. The van der Waals surface area contributed by atoms with Crippen molar-refractivity contribution in [1.29, 1.82) is 0 Å². The van der Waals surface area contributed by atoms with E-state index in [4.69, 9.17) is 4.74 Å². The fourth-order valence-corrected chi connectivity index (χ4v) is 5.98. The zero-order valence-corrected chi connectivity index (χ0v) is 27.0. The molecule has 0 fully saturated rings. The zero-order valence-electron chi connectivity index (χ0n) is 27.0. The first-order valence-electron chi connectivity index (χ1n) is 15.5. The Morgan fingerprint density at radius 3 is 1.31 bits per heavy atom. The van der Waals surface area contributed by atoms with Crippen LogP contribution in [0.25, 0.3) is 0 Å². The minimum atomic E-state index is -0.321. The van der Waals surface area contributed by atoms with Gasteiger partial charge in [-0.15, -0.1) is 0 Å². The van der Waals surface area contributed by atoms with Gasteiger partial charge in [-0.05, 0) is 60.7 Å². The van der Waals surface area contributed by atoms with E-state index in [2.05, 4.69) is 69.2 Å². The van der Waals surface area contributed by atoms with Crippen molar-refractivity contribution in [2.24, 2.45) is 21.7 Å². The molecule has 0 aliphatic carbocycles. The van der Waals surface area contributed by atoms with Gasteiger partial charge < -0.3 is 4.74 Å². The smallest absolute Gasteiger partial charge is 0.306 e. The van der Waals surface area contributed by atoms with Gasteiger partial charge in [-0.25, -0.2) is 0 Å². The van der Waals surface area contributed by atoms with E-state index in [-0.39, 0.29) is 39.5 Å². The third kappa shape index (κ3) is 12.1. The molecule has 0 radical (unpaired) electrons. The first-order valence-corrected chi connectivity index (χ1v) is 15.5. The summed E-state index contributed by atoms with van der Waals surface area (Å²) in [7, 11) is 0. The Hall–Kier alpha value is -0.860. The highest BCUT2D eigenvalue weighted by atomic mass is 16.5. The third-order valence-corrected chi connectivity index (χ3v) is 10.0. The van der Waals surface area contributed by atoms with Crippen molar-refractivity contribution in [3.63, 3.8) is 0 Å². The van der Waals surface area contributed by atoms with E-state index in [1.54, 1.807) is 6.92 Å². The first-order chi connectivity index (χ1) is 16.8. The van der Waals surface area contributed by atoms with E-state index in [0.29, 0.717) is 12.8 Å². The second-order valence-corrected chi connectivity index (χ2v) is 12.2. The van der Waals surface area contributed by atoms with Crippen molar-refractivity contribution >= 4 is 11.8 Å². The highest BCUT2D eigenvalue weighted by Crippen LogP contribution is 2.48. The lowest BCUT2D eigenvalue weighted by atomic mass is 9.64. The number of hydrogen-bond donors (Lipinski definition) is 0. The van der Waals surface area contributed by atoms with Gasteiger partial charge in [0, 0.05) is 6.42 Å². The largest absolute Gasteiger partial charge is 0.462 e. The van der Waals surface area contributed by atoms with Crippen LogP contribution in [0.15, 0.2) is 0 Å². The molecular weight excluding hydrogens is 444 g/mol. The fraction of sp³-hybridized carbons (Fsp3) is 0.939. The molecule has 0 bridgehead atoms. The number of carbonyl (C=O) groups is 2. The molecule has 0 heterocycles. The second-order valence-electron chi connectivity index (χ2n) is 12.2. The molecule has 0 saturated carbocycles. The topological polar surface area (TPSA) is 43.4 Å². The summed E-state index contributed by atoms with van der Waals surface area (Å²) in [6, 6.07) is 0. The normalized spacial score (nSPS) is 13.6. The van der Waals surface area contributed by atoms with E-state index >= 15 is 0 Å². The Kier molecular flexibility index (Phi) is 18.2. The molecule has 1 atom stereocenters. The van der Waals surface area contributed by atoms with Gasteiger partial charge in [-0.3, -0.25) is 9.59 Å². The molecule has 0 aromatic heterocycles. The van der Waals surface area contributed by atoms with Crippen LogP contribution < -0.4 is 0 Å². The van der Waals surface area contributed by atoms with Crippen LogP contribution in [-0.4, -0.2) is 17.9 Å². The Labute approximate surface area is 227 Å². The van der Waals surface area contributed by atoms with Gasteiger partial charge in [0.25, 0.3) is 0 Å². The molecule has 36 heavy (non-hydrogen) atoms. The van der Waals surface area contributed by atoms with Gasteiger partial charge in [-0.2, -0.15) is 0 Å². The summed E-state index contributed by atoms with van der Waals surface area (Å²) in [5.41, 5.74) is 0.585. The molecule has 0 aliphatic rings. The summed E-state index contributed by atoms with van der Waals surface area (Å²) >= 11 is 0. The van der Waals surface area contributed by atoms with Crippen molar-refractivity contribution < 1.29 is 14.3 Å². The van der Waals surface area contributed by atoms with E-state index in [0.717, 1.165) is 70.6 Å². The van der Waals surface area contributed by atoms with Crippen molar-refractivity contribution in [1.82, 2.24) is 0 Å². The average molecular weight is 511 g/mol. The van der Waals surface area contributed by atoms with Crippen LogP contribution in [-0.2, 0) is 14.3 Å². The molecule has 0 aliphatic heterocycles. The van der Waals surface area contributed by atoms with E-state index in [9.17, 15) is 9.59 Å². The lowest BCUT2D eigenvalue weighted by Gasteiger charge is -2.43. The van der Waals surface area contributed by atoms with Crippen LogP contribution >= 0.6 is 0 Å². The molecule has 0 rings (SSSR count). The predicted molar refractivity (Wildman–Crippen MR) is 158 cm³/mol. The number of esters is 1. The Bertz CT molecular complexity index is 590. The SMILES string of the molecule is CC.CCC(C)(CC)CC(CC)(CC)CC(=O)OC(CC(C)=O)CC(CC)(CC)CC(C)(CC)CC. The van der Waals surface area contributed by atoms with Crippen molar-refractivity contribution in [2.45, 2.75) is 180 Å². The fourth-order valence-electron chi connectivity index (χ4n) is 5.98. The molecule has 0 amide bonds. The van der Waals surface area contributed by atoms with Gasteiger partial charge in [0.15, 0.2) is 0 Å². The summed E-state index contributed by atoms with van der Waals surface area (Å²) in [6.07, 6.45) is 12.0. The van der Waals surface area contributed by atoms with E-state index in [1.165, 1.54) is 0 Å². The van der Waals surface area contributed by atoms with Crippen molar-refractivity contribution in [2.75, 3.05) is 0 Å². The summed E-state index contributed by atoms with van der Waals surface area (Å²) in [5, 5.41) is 0. The second kappa shape index (κ2) is 17.6. The Morgan fingerprint density at radius 2 is 1.00 bits per heavy atom. The summed E-state index contributed by atoms with van der Waals surface area (Å²) < 4.78 is 6.18. The summed E-state index contributed by atoms with van der Waals surface area (Å²) in [4.78, 5) is 25.5. The molecule has 0 N–H and O–H groups in total. The van der Waals surface area contributed by atoms with Gasteiger partial charge in [0.2, 0.25) is 0 Å². The number of Topliss-reactive ketones (excluding diaryl/α,β-unsaturated/α-hetero) is 1. The lowest BCUT2D eigenvalue weighted by molar-refractivity contribution is -0.156. The third-order valence-electron chi connectivity index (χ3n) is 10.0. The van der Waals surface area contributed by atoms with E-state index < -0.39 is 0 Å². The molecule has 0 aromatic carbocycles. The number of carbonyl (C=O) groups excluding carboxylic acids is 2. The molecular formula is C33H66O3. The van der Waals surface area contributed by atoms with Gasteiger partial charge in [-0.1, -0.05) is 122 Å². The Morgan fingerprint density at radius 1 is 0.639 bits per heavy atom. The number of hydrogen-bond acceptors (Lipinski definition) is 3. The van der Waals surface area contributed by atoms with Crippen molar-refractivity contribution in [3.05, 3.63) is 0 Å². The van der Waals surface area contributed by atoms with Crippen LogP contribution in [0, 0.1) is 21.7 Å². The molecule has 0 saturated heterocycles. The molecule has 0 aromatic rings. The van der Waals surface area contributed by atoms with Crippen LogP contribution in [0.5, 0.6) is 0 Å². The highest BCUT2D eigenvalue weighted by molar-refractivity contribution is 5.77. The minimum absolute atomic E-state index is 0.0335. The monoisotopic (exact) mass is 511 g/mol. The maximum Gasteiger partial charge on any atom is 0.306 e. The summed E-state index contributed by atoms with van der Waals surface area (Å²) in [5.74, 6) is -0.00575. The number of ether oxygens (including phenoxy) is 1. The quantitative estimate of drug-likeness (QED) is 0.162. The highest BCUT2D eigenvalue weighted by Gasteiger charge is 2.40. The predicted octanol–water partition coefficient (Wildman–Crippen LogP) is 10.7. The zero-order chi connectivity index (χ0) is 28.6. The number of rotatable bonds is 19. The van der Waals surface area contributed by atoms with Crippen LogP contribution in [0.2, 0.25) is 0 Å². The van der Waals surface area contributed by atoms with Crippen LogP contribution in [0.4, 0.5) is 0 Å². The van der Waals surface area contributed by atoms with Gasteiger partial charge >= 0.3 is 5.97 Å². The Balaban J connectivity index is 0. The van der Waals surface area contributed by atoms with E-state index in [1.807, 2.05) is 13.8 Å². The maximum atomic E-state index is 13.4. The average Bonchev–Trinajstić information content (AvgIpc) is 2.88. The van der Waals surface area contributed by atoms with Crippen molar-refractivity contribution in [3.8, 4) is 0 Å². The number of ketones is 1. The van der Waals surface area contributed by atoms with Gasteiger partial charge in [0.1, 0.15) is 11.9 Å². The molecule has 3 heteroatoms. The lowest BCUT2D eigenvalue weighted by Crippen LogP contribution is -2.36. The van der Waals surface area contributed by atoms with Crippen LogP contribution in [0.3, 0.4) is 0 Å². The molecule has 3 nitrogen and oxygen atoms in total. The summed E-state index contributed by atoms with van der Waals surface area (Å²) in [6.45, 7) is 28.4. The van der Waals surface area contributed by atoms with Gasteiger partial charge in [0.05, 0.1) is 6.42 Å². The first kappa shape index (κ1) is 37.3. The van der Waals surface area contributed by atoms with Crippen LogP contribution in [0.1, 0.15) is 173 Å².